The number of hydrogen-bond donors (Lipinski definition) is 0. The Labute approximate surface area is 201 Å². The zero-order valence-electron chi connectivity index (χ0n) is 20.0. The fourth-order valence-corrected chi connectivity index (χ4v) is 4.23. The maximum atomic E-state index is 13.0. The SMILES string of the molecule is COc1cc2c(OC(=O)OC(C)(C)C)c3c(c(-c4ccc5c(c4)OCO5)c2cc1OC)C(=O)OC3. The molecule has 0 radical (unpaired) electrons. The molecule has 0 bridgehead atoms. The Balaban J connectivity index is 1.81. The fraction of sp³-hybridized carbons (Fsp3) is 0.308. The zero-order chi connectivity index (χ0) is 24.9. The van der Waals surface area contributed by atoms with Crippen LogP contribution in [0.1, 0.15) is 36.7 Å². The van der Waals surface area contributed by atoms with Crippen LogP contribution in [0.4, 0.5) is 4.79 Å². The van der Waals surface area contributed by atoms with Gasteiger partial charge in [-0.3, -0.25) is 0 Å². The van der Waals surface area contributed by atoms with Gasteiger partial charge in [0.15, 0.2) is 23.0 Å². The van der Waals surface area contributed by atoms with E-state index in [1.165, 1.54) is 14.2 Å². The van der Waals surface area contributed by atoms with Crippen molar-refractivity contribution in [3.63, 3.8) is 0 Å². The first kappa shape index (κ1) is 22.6. The van der Waals surface area contributed by atoms with Crippen molar-refractivity contribution in [2.24, 2.45) is 0 Å². The smallest absolute Gasteiger partial charge is 0.493 e. The molecule has 0 aliphatic carbocycles. The van der Waals surface area contributed by atoms with E-state index in [0.717, 1.165) is 0 Å². The van der Waals surface area contributed by atoms with Gasteiger partial charge in [0, 0.05) is 16.5 Å². The van der Waals surface area contributed by atoms with E-state index in [4.69, 9.17) is 33.2 Å². The van der Waals surface area contributed by atoms with E-state index in [1.54, 1.807) is 45.0 Å². The second-order valence-electron chi connectivity index (χ2n) is 9.02. The third-order valence-corrected chi connectivity index (χ3v) is 5.65. The highest BCUT2D eigenvalue weighted by molar-refractivity contribution is 6.14. The summed E-state index contributed by atoms with van der Waals surface area (Å²) in [6.07, 6.45) is -0.897. The van der Waals surface area contributed by atoms with Crippen molar-refractivity contribution in [2.45, 2.75) is 33.0 Å². The lowest BCUT2D eigenvalue weighted by molar-refractivity contribution is 0.0206. The average molecular weight is 480 g/mol. The summed E-state index contributed by atoms with van der Waals surface area (Å²) in [6.45, 7) is 5.27. The van der Waals surface area contributed by atoms with Gasteiger partial charge in [0.2, 0.25) is 6.79 Å². The topological polar surface area (TPSA) is 98.8 Å². The van der Waals surface area contributed by atoms with Gasteiger partial charge in [-0.2, -0.15) is 0 Å². The molecule has 0 spiro atoms. The van der Waals surface area contributed by atoms with Crippen LogP contribution in [-0.4, -0.2) is 38.7 Å². The highest BCUT2D eigenvalue weighted by Crippen LogP contribution is 2.49. The Morgan fingerprint density at radius 1 is 0.886 bits per heavy atom. The molecule has 0 unspecified atom stereocenters. The number of carbonyl (C=O) groups excluding carboxylic acids is 2. The van der Waals surface area contributed by atoms with Crippen molar-refractivity contribution in [1.29, 1.82) is 0 Å². The first-order valence-electron chi connectivity index (χ1n) is 10.9. The molecule has 0 fully saturated rings. The summed E-state index contributed by atoms with van der Waals surface area (Å²) in [4.78, 5) is 25.6. The van der Waals surface area contributed by atoms with Crippen molar-refractivity contribution in [3.8, 4) is 39.9 Å². The second-order valence-corrected chi connectivity index (χ2v) is 9.02. The lowest BCUT2D eigenvalue weighted by Gasteiger charge is -2.21. The second kappa shape index (κ2) is 8.26. The number of fused-ring (bicyclic) bond motifs is 3. The molecule has 5 rings (SSSR count). The number of ether oxygens (including phenoxy) is 7. The van der Waals surface area contributed by atoms with Gasteiger partial charge in [0.25, 0.3) is 0 Å². The Hall–Kier alpha value is -4.14. The molecular formula is C26H24O9. The largest absolute Gasteiger partial charge is 0.514 e. The number of rotatable bonds is 4. The number of hydrogen-bond acceptors (Lipinski definition) is 9. The van der Waals surface area contributed by atoms with E-state index in [-0.39, 0.29) is 19.1 Å². The van der Waals surface area contributed by atoms with Gasteiger partial charge >= 0.3 is 12.1 Å². The van der Waals surface area contributed by atoms with Crippen molar-refractivity contribution in [1.82, 2.24) is 0 Å². The summed E-state index contributed by atoms with van der Waals surface area (Å²) in [5.74, 6) is 1.68. The summed E-state index contributed by atoms with van der Waals surface area (Å²) in [7, 11) is 3.03. The lowest BCUT2D eigenvalue weighted by Crippen LogP contribution is -2.26. The van der Waals surface area contributed by atoms with Crippen LogP contribution in [0.2, 0.25) is 0 Å². The molecule has 0 atom stereocenters. The van der Waals surface area contributed by atoms with E-state index < -0.39 is 17.7 Å². The molecule has 3 aromatic rings. The molecule has 2 heterocycles. The lowest BCUT2D eigenvalue weighted by atomic mass is 9.89. The molecule has 0 aromatic heterocycles. The first-order valence-corrected chi connectivity index (χ1v) is 10.9. The molecule has 9 nitrogen and oxygen atoms in total. The standard InChI is InChI=1S/C26H24O9/c1-26(2,3)35-25(28)34-23-15-10-19(30-5)18(29-4)9-14(15)21(22-16(23)11-31-24(22)27)13-6-7-17-20(8-13)33-12-32-17/h6-10H,11-12H2,1-5H3. The predicted molar refractivity (Wildman–Crippen MR) is 125 cm³/mol. The summed E-state index contributed by atoms with van der Waals surface area (Å²) in [5, 5.41) is 1.12. The van der Waals surface area contributed by atoms with Crippen LogP contribution < -0.4 is 23.7 Å². The first-order chi connectivity index (χ1) is 16.7. The van der Waals surface area contributed by atoms with E-state index in [0.29, 0.717) is 56.0 Å². The van der Waals surface area contributed by atoms with E-state index in [9.17, 15) is 9.59 Å². The molecule has 0 saturated heterocycles. The number of esters is 1. The fourth-order valence-electron chi connectivity index (χ4n) is 4.23. The molecule has 35 heavy (non-hydrogen) atoms. The predicted octanol–water partition coefficient (Wildman–Crippen LogP) is 5.24. The molecular weight excluding hydrogens is 456 g/mol. The van der Waals surface area contributed by atoms with Gasteiger partial charge in [0.1, 0.15) is 18.0 Å². The van der Waals surface area contributed by atoms with Crippen molar-refractivity contribution in [3.05, 3.63) is 41.5 Å². The van der Waals surface area contributed by atoms with E-state index in [2.05, 4.69) is 0 Å². The van der Waals surface area contributed by atoms with Crippen molar-refractivity contribution in [2.75, 3.05) is 21.0 Å². The molecule has 0 amide bonds. The highest BCUT2D eigenvalue weighted by atomic mass is 16.7. The number of cyclic esters (lactones) is 1. The highest BCUT2D eigenvalue weighted by Gasteiger charge is 2.35. The summed E-state index contributed by atoms with van der Waals surface area (Å²) >= 11 is 0. The van der Waals surface area contributed by atoms with Crippen molar-refractivity contribution >= 4 is 22.9 Å². The zero-order valence-corrected chi connectivity index (χ0v) is 20.0. The van der Waals surface area contributed by atoms with Crippen LogP contribution in [0.3, 0.4) is 0 Å². The Morgan fingerprint density at radius 2 is 1.57 bits per heavy atom. The van der Waals surface area contributed by atoms with Gasteiger partial charge in [-0.1, -0.05) is 6.07 Å². The Morgan fingerprint density at radius 3 is 2.26 bits per heavy atom. The van der Waals surface area contributed by atoms with Gasteiger partial charge in [-0.05, 0) is 56.0 Å². The normalized spacial score (nSPS) is 13.9. The minimum absolute atomic E-state index is 0.0614. The quantitative estimate of drug-likeness (QED) is 0.367. The van der Waals surface area contributed by atoms with Crippen LogP contribution in [0.25, 0.3) is 21.9 Å². The number of carbonyl (C=O) groups is 2. The van der Waals surface area contributed by atoms with E-state index in [1.807, 2.05) is 6.07 Å². The van der Waals surface area contributed by atoms with Gasteiger partial charge in [-0.25, -0.2) is 9.59 Å². The van der Waals surface area contributed by atoms with Crippen LogP contribution in [0, 0.1) is 0 Å². The Kier molecular flexibility index (Phi) is 5.35. The minimum Gasteiger partial charge on any atom is -0.493 e. The van der Waals surface area contributed by atoms with Crippen LogP contribution in [0.15, 0.2) is 30.3 Å². The maximum absolute atomic E-state index is 13.0. The summed E-state index contributed by atoms with van der Waals surface area (Å²) < 4.78 is 38.5. The summed E-state index contributed by atoms with van der Waals surface area (Å²) in [6, 6.07) is 8.85. The molecule has 0 saturated carbocycles. The van der Waals surface area contributed by atoms with Crippen molar-refractivity contribution < 1.29 is 42.7 Å². The van der Waals surface area contributed by atoms with Gasteiger partial charge in [-0.15, -0.1) is 0 Å². The van der Waals surface area contributed by atoms with Crippen LogP contribution in [-0.2, 0) is 16.1 Å². The average Bonchev–Trinajstić information content (AvgIpc) is 3.43. The maximum Gasteiger partial charge on any atom is 0.514 e. The summed E-state index contributed by atoms with van der Waals surface area (Å²) in [5.41, 5.74) is 1.25. The van der Waals surface area contributed by atoms with Crippen LogP contribution in [0.5, 0.6) is 28.7 Å². The van der Waals surface area contributed by atoms with Gasteiger partial charge in [0.05, 0.1) is 19.8 Å². The molecule has 9 heteroatoms. The third kappa shape index (κ3) is 3.92. The van der Waals surface area contributed by atoms with E-state index >= 15 is 0 Å². The molecule has 2 aliphatic heterocycles. The van der Waals surface area contributed by atoms with Gasteiger partial charge < -0.3 is 33.2 Å². The monoisotopic (exact) mass is 480 g/mol. The Bertz CT molecular complexity index is 1370. The number of methoxy groups -OCH3 is 2. The minimum atomic E-state index is -0.897. The molecule has 2 aliphatic rings. The molecule has 0 N–H and O–H groups in total. The van der Waals surface area contributed by atoms with Crippen LogP contribution >= 0.6 is 0 Å². The molecule has 3 aromatic carbocycles. The molecule has 182 valence electrons. The third-order valence-electron chi connectivity index (χ3n) is 5.65. The number of benzene rings is 3.